The van der Waals surface area contributed by atoms with Crippen LogP contribution in [-0.4, -0.2) is 20.7 Å². The summed E-state index contributed by atoms with van der Waals surface area (Å²) >= 11 is 0. The van der Waals surface area contributed by atoms with Gasteiger partial charge in [-0.2, -0.15) is 0 Å². The van der Waals surface area contributed by atoms with Crippen molar-refractivity contribution in [2.75, 3.05) is 0 Å². The second kappa shape index (κ2) is 6.00. The SMILES string of the molecule is CC1(C)CC(=O)c2c(nc3c4c([nH]c(-c5ccc([N+](=O)[O-])cc5)c24)CC(C)(C)C3)C1. The molecule has 154 valence electrons. The topological polar surface area (TPSA) is 88.9 Å². The third kappa shape index (κ3) is 2.85. The highest BCUT2D eigenvalue weighted by Gasteiger charge is 2.38. The second-order valence-electron chi connectivity index (χ2n) is 10.4. The molecule has 2 aromatic heterocycles. The number of aromatic nitrogens is 2. The Labute approximate surface area is 174 Å². The molecule has 2 aliphatic rings. The Kier molecular flexibility index (Phi) is 3.79. The Morgan fingerprint density at radius 1 is 0.933 bits per heavy atom. The quantitative estimate of drug-likeness (QED) is 0.457. The number of rotatable bonds is 2. The molecule has 6 nitrogen and oxygen atoms in total. The van der Waals surface area contributed by atoms with Crippen molar-refractivity contribution in [2.24, 2.45) is 10.8 Å². The molecule has 0 unspecified atom stereocenters. The number of hydrogen-bond acceptors (Lipinski definition) is 4. The van der Waals surface area contributed by atoms with E-state index in [9.17, 15) is 14.9 Å². The van der Waals surface area contributed by atoms with Crippen LogP contribution in [0.3, 0.4) is 0 Å². The number of nitrogens with one attached hydrogen (secondary N) is 1. The number of aromatic amines is 1. The number of fused-ring (bicyclic) bond motifs is 2. The molecule has 0 fully saturated rings. The number of nitrogens with zero attached hydrogens (tertiary/aromatic N) is 2. The molecule has 0 amide bonds. The zero-order valence-electron chi connectivity index (χ0n) is 17.8. The summed E-state index contributed by atoms with van der Waals surface area (Å²) in [5.41, 5.74) is 5.56. The Bertz CT molecular complexity index is 1230. The molecule has 0 bridgehead atoms. The number of carbonyl (C=O) groups excluding carboxylic acids is 1. The molecule has 1 N–H and O–H groups in total. The van der Waals surface area contributed by atoms with Crippen LogP contribution in [0.25, 0.3) is 22.0 Å². The summed E-state index contributed by atoms with van der Waals surface area (Å²) in [6.45, 7) is 8.72. The number of non-ortho nitro benzene ring substituents is 1. The third-order valence-electron chi connectivity index (χ3n) is 6.41. The average Bonchev–Trinajstić information content (AvgIpc) is 2.98. The Hall–Kier alpha value is -3.02. The summed E-state index contributed by atoms with van der Waals surface area (Å²) < 4.78 is 0. The van der Waals surface area contributed by atoms with Crippen LogP contribution >= 0.6 is 0 Å². The van der Waals surface area contributed by atoms with Gasteiger partial charge in [0.2, 0.25) is 0 Å². The van der Waals surface area contributed by atoms with Crippen LogP contribution in [0.1, 0.15) is 61.6 Å². The van der Waals surface area contributed by atoms with E-state index >= 15 is 0 Å². The number of ketones is 1. The van der Waals surface area contributed by atoms with Crippen LogP contribution in [0.4, 0.5) is 5.69 Å². The van der Waals surface area contributed by atoms with Gasteiger partial charge in [-0.1, -0.05) is 27.7 Å². The van der Waals surface area contributed by atoms with E-state index in [4.69, 9.17) is 4.98 Å². The van der Waals surface area contributed by atoms with E-state index < -0.39 is 4.92 Å². The van der Waals surface area contributed by atoms with Crippen molar-refractivity contribution in [3.63, 3.8) is 0 Å². The summed E-state index contributed by atoms with van der Waals surface area (Å²) in [6, 6.07) is 6.56. The summed E-state index contributed by atoms with van der Waals surface area (Å²) in [7, 11) is 0. The van der Waals surface area contributed by atoms with E-state index in [-0.39, 0.29) is 22.3 Å². The molecular weight excluding hydrogens is 378 g/mol. The van der Waals surface area contributed by atoms with E-state index in [2.05, 4.69) is 32.7 Å². The molecule has 0 saturated heterocycles. The predicted molar refractivity (Wildman–Crippen MR) is 116 cm³/mol. The van der Waals surface area contributed by atoms with Crippen molar-refractivity contribution >= 4 is 22.2 Å². The predicted octanol–water partition coefficient (Wildman–Crippen LogP) is 5.42. The van der Waals surface area contributed by atoms with Crippen LogP contribution in [-0.2, 0) is 19.3 Å². The highest BCUT2D eigenvalue weighted by molar-refractivity contribution is 6.15. The van der Waals surface area contributed by atoms with E-state index in [1.165, 1.54) is 12.1 Å². The molecule has 3 aromatic rings. The zero-order chi connectivity index (χ0) is 21.4. The molecule has 6 heteroatoms. The van der Waals surface area contributed by atoms with E-state index in [1.54, 1.807) is 12.1 Å². The maximum absolute atomic E-state index is 13.3. The molecule has 0 atom stereocenters. The van der Waals surface area contributed by atoms with Gasteiger partial charge in [0, 0.05) is 40.6 Å². The molecule has 0 aliphatic heterocycles. The number of nitro benzene ring substituents is 1. The van der Waals surface area contributed by atoms with E-state index in [0.29, 0.717) is 6.42 Å². The largest absolute Gasteiger partial charge is 0.357 e. The van der Waals surface area contributed by atoms with Gasteiger partial charge >= 0.3 is 0 Å². The number of Topliss-reactive ketones (excluding diaryl/α,β-unsaturated/α-hetero) is 1. The lowest BCUT2D eigenvalue weighted by molar-refractivity contribution is -0.384. The second-order valence-corrected chi connectivity index (χ2v) is 10.4. The number of hydrogen-bond donors (Lipinski definition) is 1. The molecular formula is C24H25N3O3. The summed E-state index contributed by atoms with van der Waals surface area (Å²) in [4.78, 5) is 32.5. The number of nitro groups is 1. The lowest BCUT2D eigenvalue weighted by Gasteiger charge is -2.33. The first kappa shape index (κ1) is 19.0. The molecule has 5 rings (SSSR count). The Balaban J connectivity index is 1.82. The van der Waals surface area contributed by atoms with Gasteiger partial charge in [-0.3, -0.25) is 19.9 Å². The Morgan fingerprint density at radius 3 is 2.23 bits per heavy atom. The van der Waals surface area contributed by atoms with Gasteiger partial charge < -0.3 is 4.98 Å². The highest BCUT2D eigenvalue weighted by atomic mass is 16.6. The van der Waals surface area contributed by atoms with Crippen LogP contribution in [0, 0.1) is 20.9 Å². The van der Waals surface area contributed by atoms with Crippen LogP contribution in [0.5, 0.6) is 0 Å². The molecule has 2 heterocycles. The molecule has 30 heavy (non-hydrogen) atoms. The molecule has 2 aliphatic carbocycles. The van der Waals surface area contributed by atoms with Crippen molar-refractivity contribution in [1.82, 2.24) is 9.97 Å². The summed E-state index contributed by atoms with van der Waals surface area (Å²) in [6.07, 6.45) is 3.03. The minimum Gasteiger partial charge on any atom is -0.357 e. The fraction of sp³-hybridized carbons (Fsp3) is 0.417. The molecule has 0 saturated carbocycles. The van der Waals surface area contributed by atoms with Crippen molar-refractivity contribution in [3.05, 3.63) is 57.0 Å². The third-order valence-corrected chi connectivity index (χ3v) is 6.41. The van der Waals surface area contributed by atoms with Gasteiger partial charge in [0.15, 0.2) is 5.78 Å². The minimum absolute atomic E-state index is 0.0579. The number of pyridine rings is 1. The zero-order valence-corrected chi connectivity index (χ0v) is 17.8. The van der Waals surface area contributed by atoms with Crippen LogP contribution < -0.4 is 0 Å². The van der Waals surface area contributed by atoms with Crippen molar-refractivity contribution in [1.29, 1.82) is 0 Å². The fourth-order valence-corrected chi connectivity index (χ4v) is 5.23. The number of benzene rings is 1. The van der Waals surface area contributed by atoms with Crippen LogP contribution in [0.15, 0.2) is 24.3 Å². The van der Waals surface area contributed by atoms with E-state index in [1.807, 2.05) is 0 Å². The summed E-state index contributed by atoms with van der Waals surface area (Å²) in [5, 5.41) is 13.1. The van der Waals surface area contributed by atoms with Crippen molar-refractivity contribution < 1.29 is 9.72 Å². The first-order valence-electron chi connectivity index (χ1n) is 10.4. The minimum atomic E-state index is -0.395. The number of carbonyl (C=O) groups is 1. The normalized spacial score (nSPS) is 19.0. The van der Waals surface area contributed by atoms with Gasteiger partial charge in [-0.25, -0.2) is 0 Å². The molecule has 0 radical (unpaired) electrons. The van der Waals surface area contributed by atoms with Gasteiger partial charge in [0.05, 0.1) is 22.0 Å². The lowest BCUT2D eigenvalue weighted by Crippen LogP contribution is -2.30. The van der Waals surface area contributed by atoms with Gasteiger partial charge in [0.25, 0.3) is 5.69 Å². The Morgan fingerprint density at radius 2 is 1.57 bits per heavy atom. The molecule has 1 aromatic carbocycles. The standard InChI is InChI=1S/C24H25N3O3/c1-23(2)9-15-19-16(10-23)26-22(13-5-7-14(8-6-13)27(29)30)21(19)20-17(25-15)11-24(3,4)12-18(20)28/h5-8,26H,9-12H2,1-4H3. The maximum atomic E-state index is 13.3. The van der Waals surface area contributed by atoms with Crippen molar-refractivity contribution in [3.8, 4) is 11.3 Å². The van der Waals surface area contributed by atoms with Crippen molar-refractivity contribution in [2.45, 2.75) is 53.4 Å². The van der Waals surface area contributed by atoms with E-state index in [0.717, 1.165) is 63.9 Å². The summed E-state index contributed by atoms with van der Waals surface area (Å²) in [5.74, 6) is 0.138. The smallest absolute Gasteiger partial charge is 0.269 e. The first-order valence-corrected chi connectivity index (χ1v) is 10.4. The highest BCUT2D eigenvalue weighted by Crippen LogP contribution is 2.46. The number of H-pyrrole nitrogens is 1. The van der Waals surface area contributed by atoms with Gasteiger partial charge in [-0.15, -0.1) is 0 Å². The maximum Gasteiger partial charge on any atom is 0.269 e. The monoisotopic (exact) mass is 403 g/mol. The van der Waals surface area contributed by atoms with Gasteiger partial charge in [0.1, 0.15) is 0 Å². The fourth-order valence-electron chi connectivity index (χ4n) is 5.23. The van der Waals surface area contributed by atoms with Crippen LogP contribution in [0.2, 0.25) is 0 Å². The molecule has 0 spiro atoms. The average molecular weight is 403 g/mol. The van der Waals surface area contributed by atoms with Gasteiger partial charge in [-0.05, 0) is 47.8 Å². The first-order chi connectivity index (χ1) is 14.0. The lowest BCUT2D eigenvalue weighted by atomic mass is 9.72.